The highest BCUT2D eigenvalue weighted by atomic mass is 19.3. The minimum atomic E-state index is -2.78. The van der Waals surface area contributed by atoms with Crippen LogP contribution in [0.5, 0.6) is 5.75 Å². The molecular weight excluding hydrogens is 238 g/mol. The molecule has 1 unspecified atom stereocenters. The Balaban J connectivity index is 1.96. The SMILES string of the molecule is CN1CCCC(Nc2cccc(OC(F)F)c2)C1. The van der Waals surface area contributed by atoms with E-state index in [0.29, 0.717) is 6.04 Å². The molecule has 1 aromatic rings. The second-order valence-electron chi connectivity index (χ2n) is 4.65. The van der Waals surface area contributed by atoms with Gasteiger partial charge in [0.2, 0.25) is 0 Å². The van der Waals surface area contributed by atoms with Crippen LogP contribution in [-0.2, 0) is 0 Å². The van der Waals surface area contributed by atoms with Crippen LogP contribution in [0.4, 0.5) is 14.5 Å². The van der Waals surface area contributed by atoms with Gasteiger partial charge in [-0.1, -0.05) is 6.07 Å². The minimum absolute atomic E-state index is 0.194. The molecule has 1 aromatic carbocycles. The van der Waals surface area contributed by atoms with Crippen LogP contribution in [0.1, 0.15) is 12.8 Å². The molecule has 3 nitrogen and oxygen atoms in total. The molecule has 1 aliphatic heterocycles. The Bertz CT molecular complexity index is 387. The first-order valence-electron chi connectivity index (χ1n) is 6.13. The number of likely N-dealkylation sites (N-methyl/N-ethyl adjacent to an activating group) is 1. The number of anilines is 1. The summed E-state index contributed by atoms with van der Waals surface area (Å²) in [5, 5.41) is 3.36. The molecule has 0 saturated carbocycles. The molecule has 1 N–H and O–H groups in total. The Morgan fingerprint density at radius 3 is 3.00 bits per heavy atom. The summed E-state index contributed by atoms with van der Waals surface area (Å²) in [5.74, 6) is 0.194. The number of hydrogen-bond donors (Lipinski definition) is 1. The zero-order chi connectivity index (χ0) is 13.0. The van der Waals surface area contributed by atoms with Gasteiger partial charge in [0.1, 0.15) is 5.75 Å². The van der Waals surface area contributed by atoms with Crippen molar-refractivity contribution in [3.8, 4) is 5.75 Å². The molecule has 18 heavy (non-hydrogen) atoms. The van der Waals surface area contributed by atoms with Crippen LogP contribution in [0, 0.1) is 0 Å². The lowest BCUT2D eigenvalue weighted by Gasteiger charge is -2.30. The first-order valence-corrected chi connectivity index (χ1v) is 6.13. The Hall–Kier alpha value is -1.36. The Morgan fingerprint density at radius 2 is 2.28 bits per heavy atom. The average Bonchev–Trinajstić information content (AvgIpc) is 2.28. The van der Waals surface area contributed by atoms with Crippen molar-refractivity contribution < 1.29 is 13.5 Å². The van der Waals surface area contributed by atoms with Crippen molar-refractivity contribution in [2.24, 2.45) is 0 Å². The third-order valence-electron chi connectivity index (χ3n) is 3.05. The standard InChI is InChI=1S/C13H18F2N2O/c1-17-7-3-5-11(9-17)16-10-4-2-6-12(8-10)18-13(14)15/h2,4,6,8,11,13,16H,3,5,7,9H2,1H3. The van der Waals surface area contributed by atoms with Crippen molar-refractivity contribution in [2.75, 3.05) is 25.5 Å². The van der Waals surface area contributed by atoms with E-state index in [1.807, 2.05) is 6.07 Å². The van der Waals surface area contributed by atoms with Gasteiger partial charge in [-0.3, -0.25) is 0 Å². The van der Waals surface area contributed by atoms with Crippen molar-refractivity contribution in [2.45, 2.75) is 25.5 Å². The predicted molar refractivity (Wildman–Crippen MR) is 67.2 cm³/mol. The first-order chi connectivity index (χ1) is 8.63. The van der Waals surface area contributed by atoms with Crippen LogP contribution in [0.2, 0.25) is 0 Å². The molecular formula is C13H18F2N2O. The number of alkyl halides is 2. The van der Waals surface area contributed by atoms with E-state index < -0.39 is 6.61 Å². The highest BCUT2D eigenvalue weighted by Gasteiger charge is 2.16. The molecule has 0 aromatic heterocycles. The van der Waals surface area contributed by atoms with E-state index >= 15 is 0 Å². The molecule has 0 aliphatic carbocycles. The number of halogens is 2. The summed E-state index contributed by atoms with van der Waals surface area (Å²) < 4.78 is 28.6. The molecule has 0 spiro atoms. The van der Waals surface area contributed by atoms with Crippen molar-refractivity contribution in [1.82, 2.24) is 4.90 Å². The third-order valence-corrected chi connectivity index (χ3v) is 3.05. The molecule has 1 atom stereocenters. The van der Waals surface area contributed by atoms with Gasteiger partial charge in [-0.05, 0) is 38.6 Å². The fourth-order valence-electron chi connectivity index (χ4n) is 2.28. The highest BCUT2D eigenvalue weighted by molar-refractivity contribution is 5.49. The van der Waals surface area contributed by atoms with Gasteiger partial charge in [-0.2, -0.15) is 8.78 Å². The monoisotopic (exact) mass is 256 g/mol. The lowest BCUT2D eigenvalue weighted by atomic mass is 10.1. The van der Waals surface area contributed by atoms with E-state index in [0.717, 1.165) is 31.6 Å². The van der Waals surface area contributed by atoms with Gasteiger partial charge >= 0.3 is 6.61 Å². The Labute approximate surface area is 106 Å². The first kappa shape index (κ1) is 13.1. The minimum Gasteiger partial charge on any atom is -0.435 e. The number of nitrogens with zero attached hydrogens (tertiary/aromatic N) is 1. The number of ether oxygens (including phenoxy) is 1. The molecule has 0 amide bonds. The third kappa shape index (κ3) is 3.84. The molecule has 1 saturated heterocycles. The summed E-state index contributed by atoms with van der Waals surface area (Å²) in [7, 11) is 2.09. The van der Waals surface area contributed by atoms with Gasteiger partial charge in [0.15, 0.2) is 0 Å². The maximum Gasteiger partial charge on any atom is 0.387 e. The van der Waals surface area contributed by atoms with E-state index in [-0.39, 0.29) is 5.75 Å². The fourth-order valence-corrected chi connectivity index (χ4v) is 2.28. The topological polar surface area (TPSA) is 24.5 Å². The summed E-state index contributed by atoms with van der Waals surface area (Å²) in [6, 6.07) is 7.09. The Kier molecular flexibility index (Phi) is 4.36. The molecule has 0 bridgehead atoms. The van der Waals surface area contributed by atoms with Gasteiger partial charge in [0, 0.05) is 24.3 Å². The lowest BCUT2D eigenvalue weighted by molar-refractivity contribution is -0.0498. The maximum absolute atomic E-state index is 12.1. The van der Waals surface area contributed by atoms with Crippen molar-refractivity contribution in [3.63, 3.8) is 0 Å². The predicted octanol–water partition coefficient (Wildman–Crippen LogP) is 2.79. The summed E-state index contributed by atoms with van der Waals surface area (Å²) in [5.41, 5.74) is 0.827. The fraction of sp³-hybridized carbons (Fsp3) is 0.538. The molecule has 100 valence electrons. The number of piperidine rings is 1. The second kappa shape index (κ2) is 6.00. The summed E-state index contributed by atoms with van der Waals surface area (Å²) in [6.45, 7) is -0.687. The van der Waals surface area contributed by atoms with E-state index in [4.69, 9.17) is 0 Å². The van der Waals surface area contributed by atoms with Crippen molar-refractivity contribution >= 4 is 5.69 Å². The lowest BCUT2D eigenvalue weighted by Crippen LogP contribution is -2.39. The molecule has 1 heterocycles. The second-order valence-corrected chi connectivity index (χ2v) is 4.65. The van der Waals surface area contributed by atoms with Crippen molar-refractivity contribution in [1.29, 1.82) is 0 Å². The van der Waals surface area contributed by atoms with Crippen molar-refractivity contribution in [3.05, 3.63) is 24.3 Å². The average molecular weight is 256 g/mol. The maximum atomic E-state index is 12.1. The van der Waals surface area contributed by atoms with E-state index in [9.17, 15) is 8.78 Å². The molecule has 1 fully saturated rings. The van der Waals surface area contributed by atoms with E-state index in [2.05, 4.69) is 22.0 Å². The normalized spacial score (nSPS) is 21.0. The molecule has 0 radical (unpaired) electrons. The van der Waals surface area contributed by atoms with E-state index in [1.54, 1.807) is 12.1 Å². The van der Waals surface area contributed by atoms with Crippen LogP contribution in [0.15, 0.2) is 24.3 Å². The number of nitrogens with one attached hydrogen (secondary N) is 1. The van der Waals surface area contributed by atoms with Gasteiger partial charge in [0.05, 0.1) is 0 Å². The largest absolute Gasteiger partial charge is 0.435 e. The summed E-state index contributed by atoms with van der Waals surface area (Å²) in [4.78, 5) is 2.26. The number of hydrogen-bond acceptors (Lipinski definition) is 3. The van der Waals surface area contributed by atoms with Crippen LogP contribution in [-0.4, -0.2) is 37.7 Å². The van der Waals surface area contributed by atoms with Crippen LogP contribution >= 0.6 is 0 Å². The quantitative estimate of drug-likeness (QED) is 0.896. The zero-order valence-corrected chi connectivity index (χ0v) is 10.4. The van der Waals surface area contributed by atoms with Crippen LogP contribution in [0.25, 0.3) is 0 Å². The van der Waals surface area contributed by atoms with Gasteiger partial charge in [0.25, 0.3) is 0 Å². The van der Waals surface area contributed by atoms with Gasteiger partial charge in [-0.25, -0.2) is 0 Å². The van der Waals surface area contributed by atoms with Gasteiger partial charge in [-0.15, -0.1) is 0 Å². The van der Waals surface area contributed by atoms with Gasteiger partial charge < -0.3 is 15.0 Å². The number of rotatable bonds is 4. The Morgan fingerprint density at radius 1 is 1.44 bits per heavy atom. The summed E-state index contributed by atoms with van der Waals surface area (Å²) in [6.07, 6.45) is 2.26. The zero-order valence-electron chi connectivity index (χ0n) is 10.4. The van der Waals surface area contributed by atoms with E-state index in [1.165, 1.54) is 6.07 Å². The van der Waals surface area contributed by atoms with Crippen LogP contribution < -0.4 is 10.1 Å². The molecule has 2 rings (SSSR count). The number of benzene rings is 1. The summed E-state index contributed by atoms with van der Waals surface area (Å²) >= 11 is 0. The highest BCUT2D eigenvalue weighted by Crippen LogP contribution is 2.21. The molecule has 5 heteroatoms. The van der Waals surface area contributed by atoms with Crippen LogP contribution in [0.3, 0.4) is 0 Å². The molecule has 1 aliphatic rings. The number of likely N-dealkylation sites (tertiary alicyclic amines) is 1. The smallest absolute Gasteiger partial charge is 0.387 e.